The van der Waals surface area contributed by atoms with Crippen molar-refractivity contribution in [1.82, 2.24) is 0 Å². The van der Waals surface area contributed by atoms with Gasteiger partial charge in [0.25, 0.3) is 0 Å². The lowest BCUT2D eigenvalue weighted by atomic mass is 10.3. The summed E-state index contributed by atoms with van der Waals surface area (Å²) >= 11 is 7.11. The maximum Gasteiger partial charge on any atom is 0.249 e. The summed E-state index contributed by atoms with van der Waals surface area (Å²) in [4.78, 5) is 0. The highest BCUT2D eigenvalue weighted by Gasteiger charge is 2.23. The molecule has 1 aromatic carbocycles. The average molecular weight is 319 g/mol. The van der Waals surface area contributed by atoms with Crippen molar-refractivity contribution in [1.29, 1.82) is 0 Å². The first kappa shape index (κ1) is 17.0. The Morgan fingerprint density at radius 2 is 1.63 bits per heavy atom. The van der Waals surface area contributed by atoms with E-state index >= 15 is 0 Å². The van der Waals surface area contributed by atoms with Gasteiger partial charge < -0.3 is 14.4 Å². The number of anilines is 1. The van der Waals surface area contributed by atoms with Crippen LogP contribution in [0.3, 0.4) is 0 Å². The number of rotatable bonds is 8. The lowest BCUT2D eigenvalue weighted by Gasteiger charge is -2.25. The molecule has 0 atom stereocenters. The number of para-hydroxylation sites is 1. The number of hydrogen-bond donors (Lipinski definition) is 1. The zero-order valence-corrected chi connectivity index (χ0v) is 14.4. The van der Waals surface area contributed by atoms with Crippen LogP contribution >= 0.6 is 17.1 Å². The molecule has 0 bridgehead atoms. The smallest absolute Gasteiger partial charge is 0.249 e. The summed E-state index contributed by atoms with van der Waals surface area (Å²) in [6, 6.07) is 10.0. The number of hydrogen-bond acceptors (Lipinski definition) is 5. The van der Waals surface area contributed by atoms with Gasteiger partial charge in [-0.25, -0.2) is 0 Å². The van der Waals surface area contributed by atoms with E-state index < -0.39 is 5.69 Å². The third kappa shape index (κ3) is 7.33. The van der Waals surface area contributed by atoms with E-state index in [2.05, 4.69) is 5.32 Å². The van der Waals surface area contributed by atoms with Crippen LogP contribution in [0.25, 0.3) is 0 Å². The fourth-order valence-electron chi connectivity index (χ4n) is 1.35. The standard InChI is InChI=1S/C13H22NO2PS2/c1-11(2)15-17(18,16-12(3)4)19-10-14-13-8-6-5-7-9-13/h5-9,11-12,14H,10H2,1-4H3. The quantitative estimate of drug-likeness (QED) is 0.546. The Morgan fingerprint density at radius 3 is 2.11 bits per heavy atom. The molecular weight excluding hydrogens is 297 g/mol. The second-order valence-electron chi connectivity index (χ2n) is 4.57. The Labute approximate surface area is 125 Å². The predicted molar refractivity (Wildman–Crippen MR) is 89.2 cm³/mol. The summed E-state index contributed by atoms with van der Waals surface area (Å²) in [5.74, 6) is 0.681. The largest absolute Gasteiger partial charge is 0.375 e. The van der Waals surface area contributed by atoms with Gasteiger partial charge in [0.15, 0.2) is 0 Å². The molecule has 0 radical (unpaired) electrons. The molecule has 0 aliphatic heterocycles. The SMILES string of the molecule is CC(C)OP(=S)(OC(C)C)SCNc1ccccc1. The highest BCUT2D eigenvalue weighted by Crippen LogP contribution is 2.62. The Hall–Kier alpha value is -0.0600. The molecule has 0 amide bonds. The van der Waals surface area contributed by atoms with Crippen LogP contribution in [-0.2, 0) is 20.9 Å². The molecule has 108 valence electrons. The molecule has 0 saturated carbocycles. The third-order valence-electron chi connectivity index (χ3n) is 1.95. The molecule has 0 aliphatic rings. The van der Waals surface area contributed by atoms with Crippen molar-refractivity contribution in [3.63, 3.8) is 0 Å². The van der Waals surface area contributed by atoms with Crippen molar-refractivity contribution < 1.29 is 9.05 Å². The Bertz CT molecular complexity index is 398. The van der Waals surface area contributed by atoms with Crippen molar-refractivity contribution in [3.05, 3.63) is 30.3 Å². The van der Waals surface area contributed by atoms with Crippen molar-refractivity contribution >= 4 is 34.6 Å². The summed E-state index contributed by atoms with van der Waals surface area (Å²) in [7, 11) is 0. The van der Waals surface area contributed by atoms with E-state index in [0.29, 0.717) is 5.88 Å². The van der Waals surface area contributed by atoms with Crippen molar-refractivity contribution in [2.45, 2.75) is 39.9 Å². The van der Waals surface area contributed by atoms with Gasteiger partial charge in [-0.15, -0.1) is 0 Å². The van der Waals surface area contributed by atoms with Gasteiger partial charge in [0.2, 0.25) is 5.69 Å². The first-order valence-electron chi connectivity index (χ1n) is 6.31. The van der Waals surface area contributed by atoms with E-state index in [-0.39, 0.29) is 12.2 Å². The lowest BCUT2D eigenvalue weighted by molar-refractivity contribution is 0.186. The monoisotopic (exact) mass is 319 g/mol. The van der Waals surface area contributed by atoms with Gasteiger partial charge in [0, 0.05) is 5.69 Å². The highest BCUT2D eigenvalue weighted by molar-refractivity contribution is 8.67. The van der Waals surface area contributed by atoms with Crippen LogP contribution in [-0.4, -0.2) is 18.1 Å². The minimum Gasteiger partial charge on any atom is -0.375 e. The Morgan fingerprint density at radius 1 is 1.11 bits per heavy atom. The van der Waals surface area contributed by atoms with Crippen LogP contribution in [0.5, 0.6) is 0 Å². The molecule has 1 rings (SSSR count). The molecule has 0 fully saturated rings. The first-order chi connectivity index (χ1) is 8.91. The second kappa shape index (κ2) is 8.28. The molecule has 0 heterocycles. The van der Waals surface area contributed by atoms with E-state index in [1.807, 2.05) is 58.0 Å². The normalized spacial score (nSPS) is 12.1. The van der Waals surface area contributed by atoms with Crippen molar-refractivity contribution in [2.24, 2.45) is 0 Å². The van der Waals surface area contributed by atoms with Crippen LogP contribution in [0.2, 0.25) is 0 Å². The second-order valence-corrected chi connectivity index (χ2v) is 10.8. The zero-order valence-electron chi connectivity index (χ0n) is 11.8. The maximum atomic E-state index is 5.81. The fourth-order valence-corrected chi connectivity index (χ4v) is 6.52. The summed E-state index contributed by atoms with van der Waals surface area (Å²) in [6.07, 6.45) is 0.155. The molecule has 0 aliphatic carbocycles. The van der Waals surface area contributed by atoms with Gasteiger partial charge in [-0.2, -0.15) is 0 Å². The molecular formula is C13H22NO2PS2. The van der Waals surface area contributed by atoms with E-state index in [1.54, 1.807) is 11.4 Å². The van der Waals surface area contributed by atoms with Crippen LogP contribution in [0.1, 0.15) is 27.7 Å². The minimum atomic E-state index is -2.28. The summed E-state index contributed by atoms with van der Waals surface area (Å²) in [6.45, 7) is 7.93. The van der Waals surface area contributed by atoms with Gasteiger partial charge in [-0.1, -0.05) is 18.2 Å². The molecule has 1 N–H and O–H groups in total. The number of nitrogens with one attached hydrogen (secondary N) is 1. The summed E-state index contributed by atoms with van der Waals surface area (Å²) < 4.78 is 11.6. The van der Waals surface area contributed by atoms with Crippen molar-refractivity contribution in [2.75, 3.05) is 11.2 Å². The van der Waals surface area contributed by atoms with Crippen LogP contribution in [0.4, 0.5) is 5.69 Å². The van der Waals surface area contributed by atoms with E-state index in [4.69, 9.17) is 20.9 Å². The highest BCUT2D eigenvalue weighted by atomic mass is 32.9. The van der Waals surface area contributed by atoms with Crippen LogP contribution < -0.4 is 5.32 Å². The summed E-state index contributed by atoms with van der Waals surface area (Å²) in [5.41, 5.74) is -1.21. The van der Waals surface area contributed by atoms with Gasteiger partial charge in [-0.3, -0.25) is 0 Å². The summed E-state index contributed by atoms with van der Waals surface area (Å²) in [5, 5.41) is 3.31. The van der Waals surface area contributed by atoms with Gasteiger partial charge in [0.05, 0.1) is 18.1 Å². The molecule has 0 saturated heterocycles. The molecule has 0 spiro atoms. The topological polar surface area (TPSA) is 30.5 Å². The van der Waals surface area contributed by atoms with Crippen molar-refractivity contribution in [3.8, 4) is 0 Å². The van der Waals surface area contributed by atoms with E-state index in [0.717, 1.165) is 5.69 Å². The maximum absolute atomic E-state index is 5.81. The van der Waals surface area contributed by atoms with E-state index in [1.165, 1.54) is 0 Å². The number of benzene rings is 1. The van der Waals surface area contributed by atoms with Gasteiger partial charge >= 0.3 is 0 Å². The lowest BCUT2D eigenvalue weighted by Crippen LogP contribution is -2.07. The minimum absolute atomic E-state index is 0.0776. The Kier molecular flexibility index (Phi) is 7.40. The Balaban J connectivity index is 2.51. The van der Waals surface area contributed by atoms with E-state index in [9.17, 15) is 0 Å². The van der Waals surface area contributed by atoms with Crippen LogP contribution in [0, 0.1) is 0 Å². The van der Waals surface area contributed by atoms with Crippen LogP contribution in [0.15, 0.2) is 30.3 Å². The molecule has 19 heavy (non-hydrogen) atoms. The zero-order chi connectivity index (χ0) is 14.3. The fraction of sp³-hybridized carbons (Fsp3) is 0.538. The molecule has 0 unspecified atom stereocenters. The average Bonchev–Trinajstić information content (AvgIpc) is 2.27. The molecule has 3 nitrogen and oxygen atoms in total. The van der Waals surface area contributed by atoms with Gasteiger partial charge in [-0.05, 0) is 63.0 Å². The first-order valence-corrected chi connectivity index (χ1v) is 10.5. The predicted octanol–water partition coefficient (Wildman–Crippen LogP) is 4.86. The molecule has 6 heteroatoms. The third-order valence-corrected chi connectivity index (χ3v) is 7.22. The molecule has 0 aromatic heterocycles. The molecule has 1 aromatic rings. The van der Waals surface area contributed by atoms with Gasteiger partial charge in [0.1, 0.15) is 0 Å².